The number of amides is 1. The van der Waals surface area contributed by atoms with Crippen LogP contribution in [0.5, 0.6) is 11.5 Å². The number of nitrogens with zero attached hydrogens (tertiary/aromatic N) is 1. The summed E-state index contributed by atoms with van der Waals surface area (Å²) in [6.45, 7) is 1.65. The van der Waals surface area contributed by atoms with Gasteiger partial charge >= 0.3 is 0 Å². The molecule has 0 aliphatic carbocycles. The molecule has 0 aliphatic rings. The van der Waals surface area contributed by atoms with E-state index < -0.39 is 15.9 Å². The second-order valence-corrected chi connectivity index (χ2v) is 7.85. The lowest BCUT2D eigenvalue weighted by molar-refractivity contribution is -0.116. The third-order valence-corrected chi connectivity index (χ3v) is 5.92. The molecule has 0 atom stereocenters. The summed E-state index contributed by atoms with van der Waals surface area (Å²) in [5.41, 5.74) is 1.65. The molecule has 1 amide bonds. The molecular formula is C19H24N2O5S. The van der Waals surface area contributed by atoms with Gasteiger partial charge in [-0.05, 0) is 30.2 Å². The average Bonchev–Trinajstić information content (AvgIpc) is 2.67. The van der Waals surface area contributed by atoms with Crippen molar-refractivity contribution >= 4 is 21.6 Å². The molecule has 0 saturated carbocycles. The molecule has 0 fully saturated rings. The number of nitrogens with one attached hydrogen (secondary N) is 1. The molecule has 0 aromatic heterocycles. The van der Waals surface area contributed by atoms with Gasteiger partial charge in [0.2, 0.25) is 15.9 Å². The van der Waals surface area contributed by atoms with Crippen molar-refractivity contribution in [2.45, 2.75) is 18.2 Å². The van der Waals surface area contributed by atoms with Gasteiger partial charge in [0, 0.05) is 18.8 Å². The van der Waals surface area contributed by atoms with Crippen molar-refractivity contribution in [3.63, 3.8) is 0 Å². The van der Waals surface area contributed by atoms with Gasteiger partial charge < -0.3 is 14.8 Å². The summed E-state index contributed by atoms with van der Waals surface area (Å²) in [4.78, 5) is 12.3. The maximum atomic E-state index is 12.9. The van der Waals surface area contributed by atoms with E-state index in [9.17, 15) is 13.2 Å². The Morgan fingerprint density at radius 1 is 1.11 bits per heavy atom. The Morgan fingerprint density at radius 3 is 2.44 bits per heavy atom. The number of aryl methyl sites for hydroxylation is 1. The Labute approximate surface area is 160 Å². The lowest BCUT2D eigenvalue weighted by atomic mass is 10.1. The summed E-state index contributed by atoms with van der Waals surface area (Å²) in [6, 6.07) is 11.9. The van der Waals surface area contributed by atoms with E-state index in [4.69, 9.17) is 9.47 Å². The Balaban J connectivity index is 2.21. The SMILES string of the molecule is CCc1ccccc1NC(=O)CN(C)S(=O)(=O)c1cc(OC)ccc1OC. The fraction of sp³-hybridized carbons (Fsp3) is 0.316. The molecule has 0 radical (unpaired) electrons. The lowest BCUT2D eigenvalue weighted by Gasteiger charge is -2.19. The molecule has 0 spiro atoms. The van der Waals surface area contributed by atoms with E-state index in [1.165, 1.54) is 33.4 Å². The highest BCUT2D eigenvalue weighted by Crippen LogP contribution is 2.30. The van der Waals surface area contributed by atoms with E-state index in [-0.39, 0.29) is 17.2 Å². The number of hydrogen-bond donors (Lipinski definition) is 1. The van der Waals surface area contributed by atoms with Gasteiger partial charge in [-0.15, -0.1) is 0 Å². The second-order valence-electron chi connectivity index (χ2n) is 5.84. The van der Waals surface area contributed by atoms with Gasteiger partial charge in [0.15, 0.2) is 0 Å². The fourth-order valence-electron chi connectivity index (χ4n) is 2.58. The van der Waals surface area contributed by atoms with E-state index in [0.717, 1.165) is 16.3 Å². The summed E-state index contributed by atoms with van der Waals surface area (Å²) in [5, 5.41) is 2.77. The van der Waals surface area contributed by atoms with Crippen molar-refractivity contribution in [3.8, 4) is 11.5 Å². The van der Waals surface area contributed by atoms with Gasteiger partial charge in [0.05, 0.1) is 20.8 Å². The highest BCUT2D eigenvalue weighted by molar-refractivity contribution is 7.89. The normalized spacial score (nSPS) is 11.3. The van der Waals surface area contributed by atoms with Crippen LogP contribution < -0.4 is 14.8 Å². The fourth-order valence-corrected chi connectivity index (χ4v) is 3.87. The standard InChI is InChI=1S/C19H24N2O5S/c1-5-14-8-6-7-9-16(14)20-19(22)13-21(2)27(23,24)18-12-15(25-3)10-11-17(18)26-4/h6-12H,5,13H2,1-4H3,(H,20,22). The summed E-state index contributed by atoms with van der Waals surface area (Å²) < 4.78 is 37.0. The summed E-state index contributed by atoms with van der Waals surface area (Å²) in [6.07, 6.45) is 0.756. The number of para-hydroxylation sites is 1. The average molecular weight is 392 g/mol. The van der Waals surface area contributed by atoms with Crippen molar-refractivity contribution in [1.82, 2.24) is 4.31 Å². The van der Waals surface area contributed by atoms with Gasteiger partial charge in [-0.3, -0.25) is 4.79 Å². The molecule has 8 heteroatoms. The molecule has 2 aromatic rings. The number of ether oxygens (including phenoxy) is 2. The van der Waals surface area contributed by atoms with Gasteiger partial charge in [-0.1, -0.05) is 25.1 Å². The third kappa shape index (κ3) is 4.78. The molecule has 27 heavy (non-hydrogen) atoms. The zero-order valence-corrected chi connectivity index (χ0v) is 16.7. The first-order valence-electron chi connectivity index (χ1n) is 8.39. The van der Waals surface area contributed by atoms with Crippen LogP contribution in [-0.2, 0) is 21.2 Å². The van der Waals surface area contributed by atoms with Gasteiger partial charge in [0.1, 0.15) is 16.4 Å². The van der Waals surface area contributed by atoms with Crippen LogP contribution in [0, 0.1) is 0 Å². The van der Waals surface area contributed by atoms with Crippen LogP contribution in [0.4, 0.5) is 5.69 Å². The van der Waals surface area contributed by atoms with Crippen molar-refractivity contribution < 1.29 is 22.7 Å². The molecule has 0 heterocycles. The van der Waals surface area contributed by atoms with Crippen LogP contribution >= 0.6 is 0 Å². The Hall–Kier alpha value is -2.58. The van der Waals surface area contributed by atoms with Crippen LogP contribution in [0.15, 0.2) is 47.4 Å². The summed E-state index contributed by atoms with van der Waals surface area (Å²) >= 11 is 0. The molecular weight excluding hydrogens is 368 g/mol. The van der Waals surface area contributed by atoms with Crippen molar-refractivity contribution in [3.05, 3.63) is 48.0 Å². The highest BCUT2D eigenvalue weighted by Gasteiger charge is 2.27. The summed E-state index contributed by atoms with van der Waals surface area (Å²) in [7, 11) is 0.226. The molecule has 7 nitrogen and oxygen atoms in total. The Morgan fingerprint density at radius 2 is 1.81 bits per heavy atom. The predicted octanol–water partition coefficient (Wildman–Crippen LogP) is 2.53. The first kappa shape index (κ1) is 20.7. The molecule has 146 valence electrons. The third-order valence-electron chi connectivity index (χ3n) is 4.10. The Kier molecular flexibility index (Phi) is 6.81. The van der Waals surface area contributed by atoms with E-state index in [2.05, 4.69) is 5.32 Å². The molecule has 0 unspecified atom stereocenters. The van der Waals surface area contributed by atoms with E-state index >= 15 is 0 Å². The first-order valence-corrected chi connectivity index (χ1v) is 9.83. The maximum Gasteiger partial charge on any atom is 0.247 e. The second kappa shape index (κ2) is 8.88. The van der Waals surface area contributed by atoms with Crippen molar-refractivity contribution in [2.75, 3.05) is 33.1 Å². The molecule has 0 saturated heterocycles. The van der Waals surface area contributed by atoms with Crippen LogP contribution in [0.1, 0.15) is 12.5 Å². The van der Waals surface area contributed by atoms with Crippen molar-refractivity contribution in [1.29, 1.82) is 0 Å². The molecule has 0 aliphatic heterocycles. The largest absolute Gasteiger partial charge is 0.497 e. The van der Waals surface area contributed by atoms with Crippen LogP contribution in [0.3, 0.4) is 0 Å². The number of benzene rings is 2. The predicted molar refractivity (Wildman–Crippen MR) is 104 cm³/mol. The van der Waals surface area contributed by atoms with Gasteiger partial charge in [0.25, 0.3) is 0 Å². The minimum absolute atomic E-state index is 0.0615. The van der Waals surface area contributed by atoms with Crippen LogP contribution in [0.25, 0.3) is 0 Å². The maximum absolute atomic E-state index is 12.9. The van der Waals surface area contributed by atoms with Crippen LogP contribution in [0.2, 0.25) is 0 Å². The quantitative estimate of drug-likeness (QED) is 0.746. The molecule has 2 aromatic carbocycles. The first-order chi connectivity index (χ1) is 12.8. The number of anilines is 1. The molecule has 0 bridgehead atoms. The zero-order valence-electron chi connectivity index (χ0n) is 15.9. The number of methoxy groups -OCH3 is 2. The molecule has 1 N–H and O–H groups in total. The minimum atomic E-state index is -3.95. The Bertz CT molecular complexity index is 912. The van der Waals surface area contributed by atoms with Gasteiger partial charge in [-0.25, -0.2) is 8.42 Å². The summed E-state index contributed by atoms with van der Waals surface area (Å²) in [5.74, 6) is 0.132. The zero-order chi connectivity index (χ0) is 20.0. The number of likely N-dealkylation sites (N-methyl/N-ethyl adjacent to an activating group) is 1. The topological polar surface area (TPSA) is 84.9 Å². The molecule has 2 rings (SSSR count). The van der Waals surface area contributed by atoms with Crippen LogP contribution in [-0.4, -0.2) is 46.4 Å². The number of carbonyl (C=O) groups is 1. The number of hydrogen-bond acceptors (Lipinski definition) is 5. The number of sulfonamides is 1. The lowest BCUT2D eigenvalue weighted by Crippen LogP contribution is -2.35. The van der Waals surface area contributed by atoms with Crippen molar-refractivity contribution in [2.24, 2.45) is 0 Å². The van der Waals surface area contributed by atoms with E-state index in [1.54, 1.807) is 12.1 Å². The smallest absolute Gasteiger partial charge is 0.247 e. The monoisotopic (exact) mass is 392 g/mol. The highest BCUT2D eigenvalue weighted by atomic mass is 32.2. The van der Waals surface area contributed by atoms with Gasteiger partial charge in [-0.2, -0.15) is 4.31 Å². The minimum Gasteiger partial charge on any atom is -0.497 e. The van der Waals surface area contributed by atoms with E-state index in [1.807, 2.05) is 25.1 Å². The number of rotatable bonds is 8. The number of carbonyl (C=O) groups excluding carboxylic acids is 1. The van der Waals surface area contributed by atoms with E-state index in [0.29, 0.717) is 11.4 Å².